The third-order valence-corrected chi connectivity index (χ3v) is 3.72. The Morgan fingerprint density at radius 1 is 1.11 bits per heavy atom. The van der Waals surface area contributed by atoms with E-state index in [2.05, 4.69) is 9.97 Å². The maximum absolute atomic E-state index is 13.1. The van der Waals surface area contributed by atoms with Crippen molar-refractivity contribution in [2.45, 2.75) is 12.7 Å². The fourth-order valence-electron chi connectivity index (χ4n) is 2.42. The molecule has 0 aliphatic carbocycles. The van der Waals surface area contributed by atoms with E-state index in [4.69, 9.17) is 5.11 Å². The molecule has 0 saturated heterocycles. The first-order chi connectivity index (χ1) is 12.8. The lowest BCUT2D eigenvalue weighted by Gasteiger charge is -2.14. The molecule has 3 aromatic rings. The number of carbonyl (C=O) groups is 1. The lowest BCUT2D eigenvalue weighted by atomic mass is 10.2. The molecule has 6 nitrogen and oxygen atoms in total. The summed E-state index contributed by atoms with van der Waals surface area (Å²) in [5.74, 6) is -1.31. The SMILES string of the molecule is O=C(O)c1ccc(Cn2c(-c3ccccc3)nc(C(F)(F)F)cc2=O)nc1. The van der Waals surface area contributed by atoms with E-state index in [0.29, 0.717) is 17.3 Å². The molecule has 138 valence electrons. The second-order valence-corrected chi connectivity index (χ2v) is 5.60. The molecule has 1 aromatic carbocycles. The molecule has 3 rings (SSSR count). The second-order valence-electron chi connectivity index (χ2n) is 5.60. The van der Waals surface area contributed by atoms with E-state index in [0.717, 1.165) is 10.8 Å². The zero-order chi connectivity index (χ0) is 19.6. The summed E-state index contributed by atoms with van der Waals surface area (Å²) in [6.07, 6.45) is -3.65. The molecule has 0 aliphatic heterocycles. The average molecular weight is 375 g/mol. The lowest BCUT2D eigenvalue weighted by Crippen LogP contribution is -2.27. The van der Waals surface area contributed by atoms with Crippen LogP contribution in [0.5, 0.6) is 0 Å². The topological polar surface area (TPSA) is 85.1 Å². The average Bonchev–Trinajstić information content (AvgIpc) is 2.63. The van der Waals surface area contributed by atoms with Gasteiger partial charge >= 0.3 is 12.1 Å². The molecule has 2 aromatic heterocycles. The molecule has 0 amide bonds. The van der Waals surface area contributed by atoms with Gasteiger partial charge in [-0.15, -0.1) is 0 Å². The van der Waals surface area contributed by atoms with Gasteiger partial charge in [0, 0.05) is 17.8 Å². The number of nitrogens with zero attached hydrogens (tertiary/aromatic N) is 3. The summed E-state index contributed by atoms with van der Waals surface area (Å²) in [5.41, 5.74) is -1.57. The highest BCUT2D eigenvalue weighted by Crippen LogP contribution is 2.28. The van der Waals surface area contributed by atoms with Crippen molar-refractivity contribution < 1.29 is 23.1 Å². The molecule has 2 heterocycles. The quantitative estimate of drug-likeness (QED) is 0.758. The fourth-order valence-corrected chi connectivity index (χ4v) is 2.42. The lowest BCUT2D eigenvalue weighted by molar-refractivity contribution is -0.141. The van der Waals surface area contributed by atoms with E-state index in [1.54, 1.807) is 30.3 Å². The van der Waals surface area contributed by atoms with Crippen molar-refractivity contribution in [3.63, 3.8) is 0 Å². The molecule has 0 unspecified atom stereocenters. The minimum absolute atomic E-state index is 0.0417. The number of pyridine rings is 1. The molecule has 0 radical (unpaired) electrons. The Kier molecular flexibility index (Phi) is 4.76. The zero-order valence-electron chi connectivity index (χ0n) is 13.6. The van der Waals surface area contributed by atoms with Crippen LogP contribution in [0, 0.1) is 0 Å². The number of alkyl halides is 3. The molecular weight excluding hydrogens is 363 g/mol. The third-order valence-electron chi connectivity index (χ3n) is 3.72. The smallest absolute Gasteiger partial charge is 0.433 e. The predicted octanol–water partition coefficient (Wildman–Crippen LogP) is 3.07. The number of carboxylic acids is 1. The fraction of sp³-hybridized carbons (Fsp3) is 0.111. The number of hydrogen-bond donors (Lipinski definition) is 1. The first-order valence-electron chi connectivity index (χ1n) is 7.68. The Morgan fingerprint density at radius 3 is 2.37 bits per heavy atom. The van der Waals surface area contributed by atoms with Gasteiger partial charge in [0.25, 0.3) is 5.56 Å². The van der Waals surface area contributed by atoms with Crippen LogP contribution in [-0.2, 0) is 12.7 Å². The number of halogens is 3. The maximum Gasteiger partial charge on any atom is 0.433 e. The van der Waals surface area contributed by atoms with Crippen LogP contribution >= 0.6 is 0 Å². The van der Waals surface area contributed by atoms with Crippen molar-refractivity contribution in [3.05, 3.63) is 82.0 Å². The van der Waals surface area contributed by atoms with Gasteiger partial charge in [-0.1, -0.05) is 30.3 Å². The van der Waals surface area contributed by atoms with Crippen molar-refractivity contribution in [2.24, 2.45) is 0 Å². The van der Waals surface area contributed by atoms with E-state index in [1.165, 1.54) is 12.1 Å². The van der Waals surface area contributed by atoms with Crippen LogP contribution in [0.15, 0.2) is 59.5 Å². The normalized spacial score (nSPS) is 11.4. The van der Waals surface area contributed by atoms with Crippen LogP contribution in [0.2, 0.25) is 0 Å². The van der Waals surface area contributed by atoms with Crippen molar-refractivity contribution in [2.75, 3.05) is 0 Å². The van der Waals surface area contributed by atoms with Gasteiger partial charge in [-0.05, 0) is 12.1 Å². The predicted molar refractivity (Wildman–Crippen MR) is 89.2 cm³/mol. The zero-order valence-corrected chi connectivity index (χ0v) is 13.6. The third kappa shape index (κ3) is 4.02. The van der Waals surface area contributed by atoms with Crippen LogP contribution in [-0.4, -0.2) is 25.6 Å². The summed E-state index contributed by atoms with van der Waals surface area (Å²) in [5, 5.41) is 8.90. The van der Waals surface area contributed by atoms with Gasteiger partial charge in [0.1, 0.15) is 5.82 Å². The van der Waals surface area contributed by atoms with Crippen LogP contribution in [0.4, 0.5) is 13.2 Å². The highest BCUT2D eigenvalue weighted by atomic mass is 19.4. The van der Waals surface area contributed by atoms with Crippen LogP contribution in [0.1, 0.15) is 21.7 Å². The standard InChI is InChI=1S/C18H12F3N3O3/c19-18(20,21)14-8-15(25)24(16(23-14)11-4-2-1-3-5-11)10-13-7-6-12(9-22-13)17(26)27/h1-9H,10H2,(H,26,27). The van der Waals surface area contributed by atoms with Gasteiger partial charge in [0.15, 0.2) is 5.69 Å². The molecule has 0 fully saturated rings. The molecule has 1 N–H and O–H groups in total. The van der Waals surface area contributed by atoms with Gasteiger partial charge in [-0.25, -0.2) is 9.78 Å². The Hall–Kier alpha value is -3.49. The summed E-state index contributed by atoms with van der Waals surface area (Å²) in [7, 11) is 0. The van der Waals surface area contributed by atoms with Gasteiger partial charge in [-0.2, -0.15) is 13.2 Å². The van der Waals surface area contributed by atoms with Crippen LogP contribution < -0.4 is 5.56 Å². The number of aromatic carboxylic acids is 1. The molecule has 0 atom stereocenters. The van der Waals surface area contributed by atoms with Crippen LogP contribution in [0.3, 0.4) is 0 Å². The van der Waals surface area contributed by atoms with E-state index < -0.39 is 23.4 Å². The Morgan fingerprint density at radius 2 is 1.81 bits per heavy atom. The summed E-state index contributed by atoms with van der Waals surface area (Å²) in [6, 6.07) is 11.1. The van der Waals surface area contributed by atoms with Crippen molar-refractivity contribution in [1.82, 2.24) is 14.5 Å². The molecule has 0 bridgehead atoms. The van der Waals surface area contributed by atoms with Crippen molar-refractivity contribution in [1.29, 1.82) is 0 Å². The second kappa shape index (κ2) is 7.02. The van der Waals surface area contributed by atoms with Gasteiger partial charge in [0.2, 0.25) is 0 Å². The van der Waals surface area contributed by atoms with E-state index in [9.17, 15) is 22.8 Å². The number of carboxylic acid groups (broad SMARTS) is 1. The number of benzene rings is 1. The maximum atomic E-state index is 13.1. The molecule has 0 saturated carbocycles. The number of aromatic nitrogens is 3. The molecule has 27 heavy (non-hydrogen) atoms. The summed E-state index contributed by atoms with van der Waals surface area (Å²) < 4.78 is 40.3. The van der Waals surface area contributed by atoms with Crippen molar-refractivity contribution in [3.8, 4) is 11.4 Å². The highest BCUT2D eigenvalue weighted by Gasteiger charge is 2.34. The minimum Gasteiger partial charge on any atom is -0.478 e. The van der Waals surface area contributed by atoms with E-state index in [1.807, 2.05) is 0 Å². The molecule has 0 spiro atoms. The van der Waals surface area contributed by atoms with E-state index >= 15 is 0 Å². The van der Waals surface area contributed by atoms with E-state index in [-0.39, 0.29) is 17.9 Å². The first-order valence-corrected chi connectivity index (χ1v) is 7.68. The highest BCUT2D eigenvalue weighted by molar-refractivity contribution is 5.87. The first kappa shape index (κ1) is 18.3. The number of rotatable bonds is 4. The van der Waals surface area contributed by atoms with Crippen molar-refractivity contribution >= 4 is 5.97 Å². The number of hydrogen-bond acceptors (Lipinski definition) is 4. The Balaban J connectivity index is 2.11. The van der Waals surface area contributed by atoms with Gasteiger partial charge < -0.3 is 5.11 Å². The Labute approximate surface area is 150 Å². The molecular formula is C18H12F3N3O3. The van der Waals surface area contributed by atoms with Gasteiger partial charge in [-0.3, -0.25) is 14.3 Å². The molecule has 0 aliphatic rings. The van der Waals surface area contributed by atoms with Gasteiger partial charge in [0.05, 0.1) is 17.8 Å². The Bertz CT molecular complexity index is 1030. The minimum atomic E-state index is -4.76. The summed E-state index contributed by atoms with van der Waals surface area (Å²) in [6.45, 7) is -0.159. The summed E-state index contributed by atoms with van der Waals surface area (Å²) >= 11 is 0. The largest absolute Gasteiger partial charge is 0.478 e. The van der Waals surface area contributed by atoms with Crippen LogP contribution in [0.25, 0.3) is 11.4 Å². The monoisotopic (exact) mass is 375 g/mol. The molecule has 9 heteroatoms. The summed E-state index contributed by atoms with van der Waals surface area (Å²) in [4.78, 5) is 30.8.